The Morgan fingerprint density at radius 2 is 1.64 bits per heavy atom. The molecule has 0 saturated heterocycles. The lowest BCUT2D eigenvalue weighted by Crippen LogP contribution is -2.33. The minimum atomic E-state index is -4.10. The van der Waals surface area contributed by atoms with Crippen LogP contribution in [-0.4, -0.2) is 13.3 Å². The summed E-state index contributed by atoms with van der Waals surface area (Å²) < 4.78 is 28.2. The maximum Gasteiger partial charge on any atom is 0.270 e. The van der Waals surface area contributed by atoms with Crippen molar-refractivity contribution in [1.82, 2.24) is 0 Å². The fourth-order valence-corrected chi connectivity index (χ4v) is 4.78. The van der Waals surface area contributed by atoms with E-state index in [0.29, 0.717) is 10.7 Å². The quantitative estimate of drug-likeness (QED) is 0.408. The molecular formula is C20H17ClN2O4S. The van der Waals surface area contributed by atoms with Crippen LogP contribution < -0.4 is 4.31 Å². The van der Waals surface area contributed by atoms with E-state index in [2.05, 4.69) is 0 Å². The zero-order valence-corrected chi connectivity index (χ0v) is 16.5. The van der Waals surface area contributed by atoms with Crippen LogP contribution in [0.25, 0.3) is 0 Å². The molecule has 0 aliphatic rings. The fourth-order valence-electron chi connectivity index (χ4n) is 2.92. The second-order valence-electron chi connectivity index (χ2n) is 6.12. The van der Waals surface area contributed by atoms with Crippen LogP contribution in [0, 0.1) is 10.1 Å². The summed E-state index contributed by atoms with van der Waals surface area (Å²) in [6.07, 6.45) is 0. The van der Waals surface area contributed by atoms with E-state index in [1.54, 1.807) is 31.2 Å². The maximum atomic E-state index is 13.5. The van der Waals surface area contributed by atoms with Gasteiger partial charge in [-0.25, -0.2) is 8.42 Å². The molecule has 3 aromatic rings. The first-order valence-electron chi connectivity index (χ1n) is 8.40. The fraction of sp³-hybridized carbons (Fsp3) is 0.100. The predicted molar refractivity (Wildman–Crippen MR) is 109 cm³/mol. The zero-order valence-electron chi connectivity index (χ0n) is 14.9. The van der Waals surface area contributed by atoms with E-state index in [1.807, 2.05) is 30.3 Å². The Morgan fingerprint density at radius 1 is 0.964 bits per heavy atom. The van der Waals surface area contributed by atoms with E-state index in [4.69, 9.17) is 11.6 Å². The molecule has 0 heterocycles. The molecule has 0 bridgehead atoms. The van der Waals surface area contributed by atoms with Crippen molar-refractivity contribution in [3.8, 4) is 0 Å². The largest absolute Gasteiger partial charge is 0.270 e. The second kappa shape index (κ2) is 8.00. The summed E-state index contributed by atoms with van der Waals surface area (Å²) in [6, 6.07) is 20.1. The first-order chi connectivity index (χ1) is 13.3. The van der Waals surface area contributed by atoms with E-state index in [1.165, 1.54) is 22.5 Å². The van der Waals surface area contributed by atoms with Crippen molar-refractivity contribution in [1.29, 1.82) is 0 Å². The molecule has 0 spiro atoms. The average Bonchev–Trinajstić information content (AvgIpc) is 2.68. The van der Waals surface area contributed by atoms with Gasteiger partial charge in [-0.3, -0.25) is 14.4 Å². The normalized spacial score (nSPS) is 12.4. The van der Waals surface area contributed by atoms with Crippen molar-refractivity contribution in [3.63, 3.8) is 0 Å². The molecule has 28 heavy (non-hydrogen) atoms. The molecule has 3 rings (SSSR count). The third kappa shape index (κ3) is 4.00. The van der Waals surface area contributed by atoms with Crippen LogP contribution in [0.15, 0.2) is 83.8 Å². The molecule has 0 unspecified atom stereocenters. The van der Waals surface area contributed by atoms with E-state index in [-0.39, 0.29) is 10.6 Å². The highest BCUT2D eigenvalue weighted by Crippen LogP contribution is 2.35. The number of benzene rings is 3. The highest BCUT2D eigenvalue weighted by molar-refractivity contribution is 7.92. The van der Waals surface area contributed by atoms with Gasteiger partial charge in [0.15, 0.2) is 0 Å². The van der Waals surface area contributed by atoms with Crippen LogP contribution >= 0.6 is 11.6 Å². The van der Waals surface area contributed by atoms with Crippen molar-refractivity contribution >= 4 is 33.0 Å². The molecule has 8 heteroatoms. The number of hydrogen-bond acceptors (Lipinski definition) is 4. The third-order valence-electron chi connectivity index (χ3n) is 4.28. The van der Waals surface area contributed by atoms with Crippen LogP contribution in [0.5, 0.6) is 0 Å². The Kier molecular flexibility index (Phi) is 5.67. The van der Waals surface area contributed by atoms with Crippen molar-refractivity contribution in [2.24, 2.45) is 0 Å². The molecule has 0 aromatic heterocycles. The van der Waals surface area contributed by atoms with Gasteiger partial charge >= 0.3 is 0 Å². The molecule has 0 fully saturated rings. The summed E-state index contributed by atoms with van der Waals surface area (Å²) in [5, 5.41) is 11.5. The lowest BCUT2D eigenvalue weighted by molar-refractivity contribution is -0.385. The monoisotopic (exact) mass is 416 g/mol. The average molecular weight is 417 g/mol. The molecule has 1 atom stereocenters. The summed E-state index contributed by atoms with van der Waals surface area (Å²) >= 11 is 6.09. The number of nitrogens with zero attached hydrogens (tertiary/aromatic N) is 2. The highest BCUT2D eigenvalue weighted by atomic mass is 35.5. The summed E-state index contributed by atoms with van der Waals surface area (Å²) in [5.74, 6) is 0. The summed E-state index contributed by atoms with van der Waals surface area (Å²) in [5.41, 5.74) is 0.853. The van der Waals surface area contributed by atoms with Gasteiger partial charge in [0, 0.05) is 17.2 Å². The summed E-state index contributed by atoms with van der Waals surface area (Å²) in [4.78, 5) is 10.3. The number of nitro groups is 1. The standard InChI is InChI=1S/C20H17ClN2O4S/c1-15(16-7-3-2-4-8-16)22(18-10-5-9-17(21)13-18)28(26,27)20-12-6-11-19(14-20)23(24)25/h2-15H,1H3/t15-/m0/s1. The Hall–Kier alpha value is -2.90. The predicted octanol–water partition coefficient (Wildman–Crippen LogP) is 5.20. The van der Waals surface area contributed by atoms with Gasteiger partial charge in [-0.2, -0.15) is 0 Å². The van der Waals surface area contributed by atoms with Crippen LogP contribution in [0.1, 0.15) is 18.5 Å². The van der Waals surface area contributed by atoms with Gasteiger partial charge in [0.25, 0.3) is 15.7 Å². The smallest absolute Gasteiger partial charge is 0.259 e. The van der Waals surface area contributed by atoms with Gasteiger partial charge in [0.1, 0.15) is 0 Å². The summed E-state index contributed by atoms with van der Waals surface area (Å²) in [6.45, 7) is 1.76. The zero-order chi connectivity index (χ0) is 20.3. The van der Waals surface area contributed by atoms with Crippen molar-refractivity contribution < 1.29 is 13.3 Å². The molecule has 0 N–H and O–H groups in total. The number of rotatable bonds is 6. The van der Waals surface area contributed by atoms with Gasteiger partial charge in [-0.05, 0) is 36.8 Å². The van der Waals surface area contributed by atoms with Crippen LogP contribution in [0.4, 0.5) is 11.4 Å². The molecule has 0 saturated carbocycles. The molecule has 0 amide bonds. The molecule has 3 aromatic carbocycles. The van der Waals surface area contributed by atoms with E-state index in [9.17, 15) is 18.5 Å². The number of nitro benzene ring substituents is 1. The lowest BCUT2D eigenvalue weighted by Gasteiger charge is -2.31. The second-order valence-corrected chi connectivity index (χ2v) is 8.37. The third-order valence-corrected chi connectivity index (χ3v) is 6.41. The van der Waals surface area contributed by atoms with Crippen LogP contribution in [0.3, 0.4) is 0 Å². The first kappa shape index (κ1) is 19.9. The SMILES string of the molecule is C[C@@H](c1ccccc1)N(c1cccc(Cl)c1)S(=O)(=O)c1cccc([N+](=O)[O-])c1. The highest BCUT2D eigenvalue weighted by Gasteiger charge is 2.31. The van der Waals surface area contributed by atoms with E-state index < -0.39 is 21.0 Å². The number of halogens is 1. The van der Waals surface area contributed by atoms with E-state index >= 15 is 0 Å². The topological polar surface area (TPSA) is 80.5 Å². The molecule has 144 valence electrons. The van der Waals surface area contributed by atoms with Gasteiger partial charge in [0.2, 0.25) is 0 Å². The minimum Gasteiger partial charge on any atom is -0.259 e. The molecule has 0 radical (unpaired) electrons. The summed E-state index contributed by atoms with van der Waals surface area (Å²) in [7, 11) is -4.10. The lowest BCUT2D eigenvalue weighted by atomic mass is 10.1. The molecule has 0 aliphatic carbocycles. The molecular weight excluding hydrogens is 400 g/mol. The van der Waals surface area contributed by atoms with Crippen LogP contribution in [-0.2, 0) is 10.0 Å². The van der Waals surface area contributed by atoms with Gasteiger partial charge < -0.3 is 0 Å². The number of sulfonamides is 1. The number of anilines is 1. The Morgan fingerprint density at radius 3 is 2.29 bits per heavy atom. The van der Waals surface area contributed by atoms with Crippen molar-refractivity contribution in [2.45, 2.75) is 17.9 Å². The van der Waals surface area contributed by atoms with E-state index in [0.717, 1.165) is 11.6 Å². The number of non-ortho nitro benzene ring substituents is 1. The Labute approximate surface area is 168 Å². The first-order valence-corrected chi connectivity index (χ1v) is 10.2. The maximum absolute atomic E-state index is 13.5. The molecule has 0 aliphatic heterocycles. The van der Waals surface area contributed by atoms with Crippen molar-refractivity contribution in [2.75, 3.05) is 4.31 Å². The Balaban J connectivity index is 2.18. The number of hydrogen-bond donors (Lipinski definition) is 0. The minimum absolute atomic E-state index is 0.163. The van der Waals surface area contributed by atoms with Crippen LogP contribution in [0.2, 0.25) is 5.02 Å². The molecule has 6 nitrogen and oxygen atoms in total. The van der Waals surface area contributed by atoms with Gasteiger partial charge in [-0.1, -0.05) is 54.1 Å². The van der Waals surface area contributed by atoms with Crippen molar-refractivity contribution in [3.05, 3.63) is 99.6 Å². The Bertz CT molecular complexity index is 1100. The van der Waals surface area contributed by atoms with Gasteiger partial charge in [-0.15, -0.1) is 0 Å². The van der Waals surface area contributed by atoms with Gasteiger partial charge in [0.05, 0.1) is 21.5 Å².